The number of nitrogens with one attached hydrogen (secondary N) is 1. The van der Waals surface area contributed by atoms with Gasteiger partial charge in [0.25, 0.3) is 5.91 Å². The fourth-order valence-electron chi connectivity index (χ4n) is 1.39. The molecule has 20 heavy (non-hydrogen) atoms. The Morgan fingerprint density at radius 2 is 1.90 bits per heavy atom. The van der Waals surface area contributed by atoms with Crippen LogP contribution in [0.3, 0.4) is 0 Å². The molecule has 0 heterocycles. The van der Waals surface area contributed by atoms with Crippen molar-refractivity contribution in [2.45, 2.75) is 20.8 Å². The van der Waals surface area contributed by atoms with E-state index < -0.39 is 23.3 Å². The molecule has 1 amide bonds. The largest absolute Gasteiger partial charge is 0.475 e. The van der Waals surface area contributed by atoms with E-state index in [4.69, 9.17) is 11.2 Å². The zero-order valence-corrected chi connectivity index (χ0v) is 11.7. The number of carbonyl (C=O) groups excluding carboxylic acids is 1. The Hall–Kier alpha value is -2.09. The highest BCUT2D eigenvalue weighted by molar-refractivity contribution is 5.94. The zero-order valence-electron chi connectivity index (χ0n) is 11.7. The summed E-state index contributed by atoms with van der Waals surface area (Å²) >= 11 is 0. The Bertz CT molecular complexity index is 519. The lowest BCUT2D eigenvalue weighted by Crippen LogP contribution is -2.32. The number of terminal acetylenes is 1. The van der Waals surface area contributed by atoms with Crippen LogP contribution < -0.4 is 10.1 Å². The molecule has 0 saturated carbocycles. The van der Waals surface area contributed by atoms with Crippen LogP contribution in [0.1, 0.15) is 31.1 Å². The minimum atomic E-state index is -0.957. The summed E-state index contributed by atoms with van der Waals surface area (Å²) in [6, 6.07) is 1.85. The lowest BCUT2D eigenvalue weighted by atomic mass is 9.97. The number of rotatable bonds is 4. The van der Waals surface area contributed by atoms with Gasteiger partial charge in [0.05, 0.1) is 0 Å². The van der Waals surface area contributed by atoms with Crippen molar-refractivity contribution in [1.29, 1.82) is 0 Å². The third kappa shape index (κ3) is 4.54. The van der Waals surface area contributed by atoms with Crippen LogP contribution in [0.2, 0.25) is 0 Å². The van der Waals surface area contributed by atoms with Gasteiger partial charge >= 0.3 is 0 Å². The van der Waals surface area contributed by atoms with Crippen molar-refractivity contribution in [3.63, 3.8) is 0 Å². The summed E-state index contributed by atoms with van der Waals surface area (Å²) in [5.74, 6) is -0.919. The summed E-state index contributed by atoms with van der Waals surface area (Å²) in [7, 11) is 0. The minimum absolute atomic E-state index is 0.0997. The number of hydrogen-bond acceptors (Lipinski definition) is 2. The molecule has 1 aromatic carbocycles. The number of hydrogen-bond donors (Lipinski definition) is 1. The zero-order chi connectivity index (χ0) is 15.3. The number of amides is 1. The molecule has 0 bridgehead atoms. The molecule has 3 nitrogen and oxygen atoms in total. The molecular weight excluding hydrogens is 264 g/mol. The van der Waals surface area contributed by atoms with Crippen LogP contribution in [0.25, 0.3) is 0 Å². The average molecular weight is 281 g/mol. The van der Waals surface area contributed by atoms with Gasteiger partial charge in [0.15, 0.2) is 17.4 Å². The highest BCUT2D eigenvalue weighted by atomic mass is 19.1. The maximum absolute atomic E-state index is 13.7. The second kappa shape index (κ2) is 6.38. The van der Waals surface area contributed by atoms with Crippen molar-refractivity contribution in [3.8, 4) is 18.1 Å². The van der Waals surface area contributed by atoms with Gasteiger partial charge in [-0.3, -0.25) is 4.79 Å². The minimum Gasteiger partial charge on any atom is -0.475 e. The van der Waals surface area contributed by atoms with Crippen molar-refractivity contribution in [3.05, 3.63) is 29.3 Å². The molecular formula is C15H17F2NO2. The molecule has 0 spiro atoms. The molecule has 1 aromatic rings. The van der Waals surface area contributed by atoms with Gasteiger partial charge in [-0.15, -0.1) is 6.42 Å². The number of ether oxygens (including phenoxy) is 1. The van der Waals surface area contributed by atoms with Crippen molar-refractivity contribution < 1.29 is 18.3 Å². The van der Waals surface area contributed by atoms with Crippen LogP contribution >= 0.6 is 0 Å². The van der Waals surface area contributed by atoms with E-state index in [0.29, 0.717) is 6.54 Å². The lowest BCUT2D eigenvalue weighted by molar-refractivity contribution is 0.0938. The molecule has 0 unspecified atom stereocenters. The molecule has 5 heteroatoms. The Morgan fingerprint density at radius 3 is 2.35 bits per heavy atom. The van der Waals surface area contributed by atoms with Crippen molar-refractivity contribution in [2.24, 2.45) is 5.41 Å². The molecule has 1 rings (SSSR count). The molecule has 0 fully saturated rings. The maximum Gasteiger partial charge on any atom is 0.251 e. The highest BCUT2D eigenvalue weighted by Crippen LogP contribution is 2.23. The van der Waals surface area contributed by atoms with Gasteiger partial charge in [0.2, 0.25) is 0 Å². The third-order valence-electron chi connectivity index (χ3n) is 2.34. The van der Waals surface area contributed by atoms with Crippen LogP contribution in [0.4, 0.5) is 8.78 Å². The topological polar surface area (TPSA) is 38.3 Å². The Kier molecular flexibility index (Phi) is 5.09. The fraction of sp³-hybridized carbons (Fsp3) is 0.400. The van der Waals surface area contributed by atoms with Crippen LogP contribution in [0.5, 0.6) is 5.75 Å². The quantitative estimate of drug-likeness (QED) is 0.862. The number of halogens is 2. The normalized spacial score (nSPS) is 10.8. The summed E-state index contributed by atoms with van der Waals surface area (Å²) in [5, 5.41) is 2.61. The van der Waals surface area contributed by atoms with Gasteiger partial charge < -0.3 is 10.1 Å². The van der Waals surface area contributed by atoms with Gasteiger partial charge in [0, 0.05) is 12.1 Å². The molecule has 0 aromatic heterocycles. The molecule has 0 atom stereocenters. The number of carbonyl (C=O) groups is 1. The van der Waals surface area contributed by atoms with Gasteiger partial charge in [-0.2, -0.15) is 0 Å². The second-order valence-electron chi connectivity index (χ2n) is 5.51. The highest BCUT2D eigenvalue weighted by Gasteiger charge is 2.18. The first-order valence-electron chi connectivity index (χ1n) is 6.08. The van der Waals surface area contributed by atoms with Crippen LogP contribution in [-0.4, -0.2) is 19.1 Å². The molecule has 0 radical (unpaired) electrons. The van der Waals surface area contributed by atoms with Gasteiger partial charge in [-0.05, 0) is 17.5 Å². The second-order valence-corrected chi connectivity index (χ2v) is 5.51. The summed E-state index contributed by atoms with van der Waals surface area (Å²) in [6.07, 6.45) is 4.95. The van der Waals surface area contributed by atoms with E-state index in [1.54, 1.807) is 0 Å². The monoisotopic (exact) mass is 281 g/mol. The Balaban J connectivity index is 2.88. The van der Waals surface area contributed by atoms with E-state index in [2.05, 4.69) is 11.2 Å². The Morgan fingerprint density at radius 1 is 1.35 bits per heavy atom. The smallest absolute Gasteiger partial charge is 0.251 e. The van der Waals surface area contributed by atoms with Crippen molar-refractivity contribution >= 4 is 5.91 Å². The first kappa shape index (κ1) is 16.0. The first-order valence-corrected chi connectivity index (χ1v) is 6.08. The van der Waals surface area contributed by atoms with E-state index >= 15 is 0 Å². The Labute approximate surface area is 117 Å². The fourth-order valence-corrected chi connectivity index (χ4v) is 1.39. The molecule has 0 aliphatic rings. The SMILES string of the molecule is C#CCOc1c(F)cc(C(=O)NCC(C)(C)C)cc1F. The molecule has 0 aliphatic carbocycles. The molecule has 1 N–H and O–H groups in total. The molecule has 108 valence electrons. The van der Waals surface area contributed by atoms with Gasteiger partial charge in [-0.25, -0.2) is 8.78 Å². The van der Waals surface area contributed by atoms with Crippen molar-refractivity contribution in [2.75, 3.05) is 13.2 Å². The lowest BCUT2D eigenvalue weighted by Gasteiger charge is -2.18. The van der Waals surface area contributed by atoms with Crippen molar-refractivity contribution in [1.82, 2.24) is 5.32 Å². The third-order valence-corrected chi connectivity index (χ3v) is 2.34. The van der Waals surface area contributed by atoms with Crippen LogP contribution in [-0.2, 0) is 0 Å². The van der Waals surface area contributed by atoms with E-state index in [1.807, 2.05) is 20.8 Å². The van der Waals surface area contributed by atoms with E-state index in [0.717, 1.165) is 12.1 Å². The van der Waals surface area contributed by atoms with E-state index in [-0.39, 0.29) is 17.6 Å². The predicted octanol–water partition coefficient (Wildman–Crippen LogP) is 2.75. The summed E-state index contributed by atoms with van der Waals surface area (Å²) in [4.78, 5) is 11.8. The molecule has 0 saturated heterocycles. The summed E-state index contributed by atoms with van der Waals surface area (Å²) in [5.41, 5.74) is -0.222. The predicted molar refractivity (Wildman–Crippen MR) is 72.5 cm³/mol. The average Bonchev–Trinajstić information content (AvgIpc) is 2.34. The summed E-state index contributed by atoms with van der Waals surface area (Å²) < 4.78 is 32.1. The first-order chi connectivity index (χ1) is 9.24. The standard InChI is InChI=1S/C15H17F2NO2/c1-5-6-20-13-11(16)7-10(8-12(13)17)14(19)18-9-15(2,3)4/h1,7-8H,6,9H2,2-4H3,(H,18,19). The van der Waals surface area contributed by atoms with E-state index in [9.17, 15) is 13.6 Å². The van der Waals surface area contributed by atoms with Gasteiger partial charge in [0.1, 0.15) is 6.61 Å². The van der Waals surface area contributed by atoms with Gasteiger partial charge in [-0.1, -0.05) is 26.7 Å². The van der Waals surface area contributed by atoms with Crippen LogP contribution in [0, 0.1) is 29.4 Å². The summed E-state index contributed by atoms with van der Waals surface area (Å²) in [6.45, 7) is 5.95. The number of benzene rings is 1. The van der Waals surface area contributed by atoms with E-state index in [1.165, 1.54) is 0 Å². The maximum atomic E-state index is 13.7. The molecule has 0 aliphatic heterocycles. The van der Waals surface area contributed by atoms with Crippen LogP contribution in [0.15, 0.2) is 12.1 Å².